The van der Waals surface area contributed by atoms with Gasteiger partial charge in [-0.15, -0.1) is 0 Å². The standard InChI is InChI=1S/C20H26N2O5/c1-11-6-12(2)18(13(3)7-11)27-19-17(20(24)25)16(8-14(4)21-19)22-15(9-23)10-26-5/h6-8,15,23H,9-10H2,1-5H3,(H,21,22)(H,24,25). The van der Waals surface area contributed by atoms with Gasteiger partial charge in [-0.2, -0.15) is 0 Å². The first kappa shape index (κ1) is 20.7. The molecule has 1 unspecified atom stereocenters. The van der Waals surface area contributed by atoms with Crippen molar-refractivity contribution in [3.05, 3.63) is 46.1 Å². The molecule has 0 aliphatic heterocycles. The third-order valence-corrected chi connectivity index (χ3v) is 4.08. The van der Waals surface area contributed by atoms with E-state index < -0.39 is 12.0 Å². The summed E-state index contributed by atoms with van der Waals surface area (Å²) in [6.45, 7) is 7.58. The molecule has 1 heterocycles. The van der Waals surface area contributed by atoms with Crippen molar-refractivity contribution in [3.63, 3.8) is 0 Å². The van der Waals surface area contributed by atoms with Crippen LogP contribution < -0.4 is 10.1 Å². The quantitative estimate of drug-likeness (QED) is 0.652. The van der Waals surface area contributed by atoms with Gasteiger partial charge in [0.15, 0.2) is 0 Å². The second-order valence-corrected chi connectivity index (χ2v) is 6.61. The van der Waals surface area contributed by atoms with Crippen molar-refractivity contribution in [2.45, 2.75) is 33.7 Å². The number of carboxylic acids is 1. The van der Waals surface area contributed by atoms with E-state index in [-0.39, 0.29) is 24.7 Å². The van der Waals surface area contributed by atoms with E-state index in [4.69, 9.17) is 9.47 Å². The zero-order chi connectivity index (χ0) is 20.1. The number of carbonyl (C=O) groups is 1. The Labute approximate surface area is 159 Å². The van der Waals surface area contributed by atoms with Crippen LogP contribution in [0.15, 0.2) is 18.2 Å². The maximum absolute atomic E-state index is 11.9. The highest BCUT2D eigenvalue weighted by Gasteiger charge is 2.23. The lowest BCUT2D eigenvalue weighted by Gasteiger charge is -2.20. The van der Waals surface area contributed by atoms with E-state index in [2.05, 4.69) is 10.3 Å². The first-order valence-corrected chi connectivity index (χ1v) is 8.63. The highest BCUT2D eigenvalue weighted by molar-refractivity contribution is 5.97. The minimum Gasteiger partial charge on any atom is -0.477 e. The molecule has 0 spiro atoms. The molecule has 0 bridgehead atoms. The number of ether oxygens (including phenoxy) is 2. The number of benzene rings is 1. The molecule has 1 atom stereocenters. The summed E-state index contributed by atoms with van der Waals surface area (Å²) in [7, 11) is 1.51. The number of aryl methyl sites for hydroxylation is 4. The fourth-order valence-electron chi connectivity index (χ4n) is 3.02. The van der Waals surface area contributed by atoms with E-state index in [1.54, 1.807) is 13.0 Å². The summed E-state index contributed by atoms with van der Waals surface area (Å²) in [4.78, 5) is 16.2. The van der Waals surface area contributed by atoms with Gasteiger partial charge in [0.1, 0.15) is 11.3 Å². The van der Waals surface area contributed by atoms with Gasteiger partial charge in [0.25, 0.3) is 0 Å². The molecule has 1 aromatic carbocycles. The molecule has 3 N–H and O–H groups in total. The number of nitrogens with one attached hydrogen (secondary N) is 1. The summed E-state index contributed by atoms with van der Waals surface area (Å²) in [5.41, 5.74) is 3.72. The predicted molar refractivity (Wildman–Crippen MR) is 103 cm³/mol. The van der Waals surface area contributed by atoms with Crippen LogP contribution in [-0.4, -0.2) is 47.5 Å². The topological polar surface area (TPSA) is 101 Å². The first-order chi connectivity index (χ1) is 12.8. The van der Waals surface area contributed by atoms with Crippen LogP contribution in [0.25, 0.3) is 0 Å². The Morgan fingerprint density at radius 1 is 1.19 bits per heavy atom. The molecular weight excluding hydrogens is 348 g/mol. The third-order valence-electron chi connectivity index (χ3n) is 4.08. The number of aromatic carboxylic acids is 1. The molecule has 0 radical (unpaired) electrons. The zero-order valence-corrected chi connectivity index (χ0v) is 16.3. The van der Waals surface area contributed by atoms with Crippen molar-refractivity contribution in [1.82, 2.24) is 4.98 Å². The highest BCUT2D eigenvalue weighted by atomic mass is 16.5. The second kappa shape index (κ2) is 8.83. The van der Waals surface area contributed by atoms with E-state index in [0.29, 0.717) is 17.1 Å². The smallest absolute Gasteiger partial charge is 0.343 e. The van der Waals surface area contributed by atoms with E-state index in [0.717, 1.165) is 16.7 Å². The maximum atomic E-state index is 11.9. The van der Waals surface area contributed by atoms with Crippen LogP contribution in [0, 0.1) is 27.7 Å². The fourth-order valence-corrected chi connectivity index (χ4v) is 3.02. The Morgan fingerprint density at radius 3 is 2.33 bits per heavy atom. The van der Waals surface area contributed by atoms with Gasteiger partial charge in [-0.25, -0.2) is 9.78 Å². The largest absolute Gasteiger partial charge is 0.477 e. The molecule has 0 aliphatic carbocycles. The third kappa shape index (κ3) is 4.96. The first-order valence-electron chi connectivity index (χ1n) is 8.63. The Balaban J connectivity index is 2.52. The van der Waals surface area contributed by atoms with Crippen LogP contribution in [0.1, 0.15) is 32.7 Å². The Morgan fingerprint density at radius 2 is 1.81 bits per heavy atom. The second-order valence-electron chi connectivity index (χ2n) is 6.61. The van der Waals surface area contributed by atoms with Gasteiger partial charge < -0.3 is 25.0 Å². The van der Waals surface area contributed by atoms with Crippen molar-refractivity contribution in [2.24, 2.45) is 0 Å². The number of aliphatic hydroxyl groups excluding tert-OH is 1. The molecule has 0 aliphatic rings. The van der Waals surface area contributed by atoms with Gasteiger partial charge in [0, 0.05) is 12.8 Å². The molecule has 7 heteroatoms. The Bertz CT molecular complexity index is 812. The molecule has 2 aromatic rings. The van der Waals surface area contributed by atoms with Crippen LogP contribution in [0.4, 0.5) is 5.69 Å². The van der Waals surface area contributed by atoms with Crippen LogP contribution in [0.2, 0.25) is 0 Å². The van der Waals surface area contributed by atoms with Gasteiger partial charge >= 0.3 is 5.97 Å². The van der Waals surface area contributed by atoms with Crippen LogP contribution in [0.5, 0.6) is 11.6 Å². The average Bonchev–Trinajstić information content (AvgIpc) is 2.56. The van der Waals surface area contributed by atoms with E-state index in [9.17, 15) is 15.0 Å². The molecule has 1 aromatic heterocycles. The van der Waals surface area contributed by atoms with Crippen molar-refractivity contribution in [1.29, 1.82) is 0 Å². The molecule has 0 amide bonds. The van der Waals surface area contributed by atoms with Crippen LogP contribution >= 0.6 is 0 Å². The molecule has 27 heavy (non-hydrogen) atoms. The van der Waals surface area contributed by atoms with Gasteiger partial charge in [-0.1, -0.05) is 17.7 Å². The number of nitrogens with zero attached hydrogens (tertiary/aromatic N) is 1. The number of aromatic nitrogens is 1. The monoisotopic (exact) mass is 374 g/mol. The summed E-state index contributed by atoms with van der Waals surface area (Å²) in [5, 5.41) is 22.3. The van der Waals surface area contributed by atoms with Crippen molar-refractivity contribution in [3.8, 4) is 11.6 Å². The van der Waals surface area contributed by atoms with Crippen molar-refractivity contribution < 1.29 is 24.5 Å². The molecular formula is C20H26N2O5. The normalized spacial score (nSPS) is 11.9. The van der Waals surface area contributed by atoms with Gasteiger partial charge in [-0.05, 0) is 44.9 Å². The summed E-state index contributed by atoms with van der Waals surface area (Å²) < 4.78 is 11.0. The number of pyridine rings is 1. The molecule has 0 saturated carbocycles. The number of hydrogen-bond acceptors (Lipinski definition) is 6. The lowest BCUT2D eigenvalue weighted by Crippen LogP contribution is -2.29. The SMILES string of the molecule is COCC(CO)Nc1cc(C)nc(Oc2c(C)cc(C)cc2C)c1C(=O)O. The predicted octanol–water partition coefficient (Wildman–Crippen LogP) is 3.22. The lowest BCUT2D eigenvalue weighted by molar-refractivity contribution is 0.0694. The molecule has 146 valence electrons. The fraction of sp³-hybridized carbons (Fsp3) is 0.400. The molecule has 7 nitrogen and oxygen atoms in total. The van der Waals surface area contributed by atoms with Crippen LogP contribution in [0.3, 0.4) is 0 Å². The number of aliphatic hydroxyl groups is 1. The van der Waals surface area contributed by atoms with Crippen molar-refractivity contribution in [2.75, 3.05) is 25.6 Å². The number of methoxy groups -OCH3 is 1. The van der Waals surface area contributed by atoms with Crippen molar-refractivity contribution >= 4 is 11.7 Å². The van der Waals surface area contributed by atoms with Gasteiger partial charge in [0.05, 0.1) is 24.9 Å². The zero-order valence-electron chi connectivity index (χ0n) is 16.3. The summed E-state index contributed by atoms with van der Waals surface area (Å²) >= 11 is 0. The Kier molecular flexibility index (Phi) is 6.76. The molecule has 0 fully saturated rings. The van der Waals surface area contributed by atoms with E-state index >= 15 is 0 Å². The molecule has 2 rings (SSSR count). The minimum absolute atomic E-state index is 0.00848. The summed E-state index contributed by atoms with van der Waals surface area (Å²) in [6, 6.07) is 5.10. The number of hydrogen-bond donors (Lipinski definition) is 3. The van der Waals surface area contributed by atoms with Crippen LogP contribution in [-0.2, 0) is 4.74 Å². The van der Waals surface area contributed by atoms with Gasteiger partial charge in [-0.3, -0.25) is 0 Å². The highest BCUT2D eigenvalue weighted by Crippen LogP contribution is 2.34. The lowest BCUT2D eigenvalue weighted by atomic mass is 10.1. The van der Waals surface area contributed by atoms with E-state index in [1.807, 2.05) is 32.9 Å². The van der Waals surface area contributed by atoms with E-state index in [1.165, 1.54) is 7.11 Å². The Hall–Kier alpha value is -2.64. The number of rotatable bonds is 8. The maximum Gasteiger partial charge on any atom is 0.343 e. The summed E-state index contributed by atoms with van der Waals surface area (Å²) in [6.07, 6.45) is 0. The average molecular weight is 374 g/mol. The number of carboxylic acid groups (broad SMARTS) is 1. The number of anilines is 1. The minimum atomic E-state index is -1.17. The molecule has 0 saturated heterocycles. The summed E-state index contributed by atoms with van der Waals surface area (Å²) in [5.74, 6) is -0.576. The van der Waals surface area contributed by atoms with Gasteiger partial charge in [0.2, 0.25) is 5.88 Å².